The number of benzene rings is 1. The van der Waals surface area contributed by atoms with Crippen LogP contribution < -0.4 is 4.74 Å². The maximum atomic E-state index is 11.4. The number of aromatic hydroxyl groups is 1. The van der Waals surface area contributed by atoms with Gasteiger partial charge in [0.15, 0.2) is 11.5 Å². The first-order chi connectivity index (χ1) is 7.93. The largest absolute Gasteiger partial charge is 0.504 e. The molecule has 4 nitrogen and oxygen atoms in total. The van der Waals surface area contributed by atoms with Gasteiger partial charge in [0.25, 0.3) is 0 Å². The van der Waals surface area contributed by atoms with E-state index in [-0.39, 0.29) is 11.4 Å². The summed E-state index contributed by atoms with van der Waals surface area (Å²) in [5.74, 6) is 0.0255. The van der Waals surface area contributed by atoms with Crippen molar-refractivity contribution in [1.82, 2.24) is 0 Å². The standard InChI is InChI=1S/C13H16O4/c1-13(2)5-4-8-6-9(12(15)16-3)7-10(14)11(8)17-13/h6-7,14H,4-5H2,1-3H3. The van der Waals surface area contributed by atoms with Crippen LogP contribution in [0.15, 0.2) is 12.1 Å². The van der Waals surface area contributed by atoms with Gasteiger partial charge in [-0.05, 0) is 44.4 Å². The number of hydrogen-bond donors (Lipinski definition) is 1. The fourth-order valence-electron chi connectivity index (χ4n) is 1.97. The van der Waals surface area contributed by atoms with Crippen molar-refractivity contribution in [3.8, 4) is 11.5 Å². The van der Waals surface area contributed by atoms with Crippen LogP contribution in [0.1, 0.15) is 36.2 Å². The summed E-state index contributed by atoms with van der Waals surface area (Å²) >= 11 is 0. The van der Waals surface area contributed by atoms with Crippen LogP contribution in [0.5, 0.6) is 11.5 Å². The minimum Gasteiger partial charge on any atom is -0.504 e. The Morgan fingerprint density at radius 3 is 2.82 bits per heavy atom. The molecule has 0 spiro atoms. The van der Waals surface area contributed by atoms with Gasteiger partial charge in [0.1, 0.15) is 5.60 Å². The van der Waals surface area contributed by atoms with Crippen LogP contribution in [-0.2, 0) is 11.2 Å². The van der Waals surface area contributed by atoms with E-state index in [4.69, 9.17) is 4.74 Å². The van der Waals surface area contributed by atoms with E-state index in [1.54, 1.807) is 6.07 Å². The first-order valence-electron chi connectivity index (χ1n) is 5.56. The molecule has 1 N–H and O–H groups in total. The first kappa shape index (κ1) is 11.8. The number of ether oxygens (including phenoxy) is 2. The molecule has 1 aliphatic rings. The number of phenolic OH excluding ortho intramolecular Hbond substituents is 1. The summed E-state index contributed by atoms with van der Waals surface area (Å²) in [6.45, 7) is 3.95. The second kappa shape index (κ2) is 3.95. The quantitative estimate of drug-likeness (QED) is 0.760. The molecular weight excluding hydrogens is 220 g/mol. The Balaban J connectivity index is 2.43. The van der Waals surface area contributed by atoms with Gasteiger partial charge in [0, 0.05) is 0 Å². The van der Waals surface area contributed by atoms with Gasteiger partial charge in [-0.2, -0.15) is 0 Å². The third-order valence-electron chi connectivity index (χ3n) is 2.94. The summed E-state index contributed by atoms with van der Waals surface area (Å²) in [6.07, 6.45) is 1.63. The molecule has 0 radical (unpaired) electrons. The number of aryl methyl sites for hydroxylation is 1. The number of hydrogen-bond acceptors (Lipinski definition) is 4. The number of rotatable bonds is 1. The van der Waals surface area contributed by atoms with Crippen LogP contribution in [0.25, 0.3) is 0 Å². The minimum atomic E-state index is -0.451. The van der Waals surface area contributed by atoms with Crippen molar-refractivity contribution in [3.05, 3.63) is 23.3 Å². The van der Waals surface area contributed by atoms with Gasteiger partial charge in [0.05, 0.1) is 12.7 Å². The molecule has 0 saturated carbocycles. The van der Waals surface area contributed by atoms with Gasteiger partial charge in [0.2, 0.25) is 0 Å². The lowest BCUT2D eigenvalue weighted by Gasteiger charge is -2.33. The third-order valence-corrected chi connectivity index (χ3v) is 2.94. The van der Waals surface area contributed by atoms with Gasteiger partial charge in [-0.1, -0.05) is 0 Å². The monoisotopic (exact) mass is 236 g/mol. The van der Waals surface area contributed by atoms with Crippen molar-refractivity contribution in [1.29, 1.82) is 0 Å². The predicted molar refractivity (Wildman–Crippen MR) is 62.5 cm³/mol. The fraction of sp³-hybridized carbons (Fsp3) is 0.462. The van der Waals surface area contributed by atoms with Crippen molar-refractivity contribution in [2.24, 2.45) is 0 Å². The van der Waals surface area contributed by atoms with Gasteiger partial charge in [-0.15, -0.1) is 0 Å². The summed E-state index contributed by atoms with van der Waals surface area (Å²) < 4.78 is 10.3. The Hall–Kier alpha value is -1.71. The molecule has 0 aliphatic carbocycles. The van der Waals surface area contributed by atoms with Gasteiger partial charge >= 0.3 is 5.97 Å². The smallest absolute Gasteiger partial charge is 0.337 e. The molecule has 2 rings (SSSR count). The van der Waals surface area contributed by atoms with E-state index in [0.717, 1.165) is 18.4 Å². The molecule has 1 heterocycles. The average Bonchev–Trinajstić information content (AvgIpc) is 2.28. The van der Waals surface area contributed by atoms with Gasteiger partial charge < -0.3 is 14.6 Å². The maximum Gasteiger partial charge on any atom is 0.337 e. The fourth-order valence-corrected chi connectivity index (χ4v) is 1.97. The Labute approximate surface area is 100 Å². The number of fused-ring (bicyclic) bond motifs is 1. The molecule has 0 amide bonds. The molecule has 0 atom stereocenters. The zero-order chi connectivity index (χ0) is 12.6. The van der Waals surface area contributed by atoms with Crippen molar-refractivity contribution in [2.75, 3.05) is 7.11 Å². The summed E-state index contributed by atoms with van der Waals surface area (Å²) in [5.41, 5.74) is 0.925. The highest BCUT2D eigenvalue weighted by molar-refractivity contribution is 5.90. The van der Waals surface area contributed by atoms with Crippen molar-refractivity contribution in [3.63, 3.8) is 0 Å². The zero-order valence-electron chi connectivity index (χ0n) is 10.2. The van der Waals surface area contributed by atoms with Gasteiger partial charge in [-0.25, -0.2) is 4.79 Å². The van der Waals surface area contributed by atoms with E-state index in [1.165, 1.54) is 13.2 Å². The molecule has 17 heavy (non-hydrogen) atoms. The number of methoxy groups -OCH3 is 1. The Bertz CT molecular complexity index is 463. The van der Waals surface area contributed by atoms with E-state index in [2.05, 4.69) is 4.74 Å². The maximum absolute atomic E-state index is 11.4. The van der Waals surface area contributed by atoms with Crippen LogP contribution in [0.3, 0.4) is 0 Å². The topological polar surface area (TPSA) is 55.8 Å². The Kier molecular flexibility index (Phi) is 2.73. The molecule has 92 valence electrons. The normalized spacial score (nSPS) is 16.9. The van der Waals surface area contributed by atoms with Crippen LogP contribution in [0.2, 0.25) is 0 Å². The lowest BCUT2D eigenvalue weighted by Crippen LogP contribution is -2.32. The zero-order valence-corrected chi connectivity index (χ0v) is 10.2. The van der Waals surface area contributed by atoms with Crippen molar-refractivity contribution >= 4 is 5.97 Å². The molecule has 0 saturated heterocycles. The highest BCUT2D eigenvalue weighted by Gasteiger charge is 2.29. The van der Waals surface area contributed by atoms with Gasteiger partial charge in [-0.3, -0.25) is 0 Å². The molecule has 1 aromatic rings. The number of phenols is 1. The van der Waals surface area contributed by atoms with E-state index >= 15 is 0 Å². The summed E-state index contributed by atoms with van der Waals surface area (Å²) in [5, 5.41) is 9.88. The van der Waals surface area contributed by atoms with E-state index in [9.17, 15) is 9.90 Å². The molecular formula is C13H16O4. The average molecular weight is 236 g/mol. The number of carbonyl (C=O) groups excluding carboxylic acids is 1. The second-order valence-corrected chi connectivity index (χ2v) is 4.84. The Morgan fingerprint density at radius 2 is 2.18 bits per heavy atom. The highest BCUT2D eigenvalue weighted by atomic mass is 16.5. The van der Waals surface area contributed by atoms with Crippen molar-refractivity contribution in [2.45, 2.75) is 32.3 Å². The number of carbonyl (C=O) groups is 1. The SMILES string of the molecule is COC(=O)c1cc(O)c2c(c1)CCC(C)(C)O2. The van der Waals surface area contributed by atoms with E-state index in [1.807, 2.05) is 13.8 Å². The first-order valence-corrected chi connectivity index (χ1v) is 5.56. The summed E-state index contributed by atoms with van der Waals surface area (Å²) in [6, 6.07) is 3.10. The molecule has 1 aliphatic heterocycles. The van der Waals surface area contributed by atoms with E-state index in [0.29, 0.717) is 11.3 Å². The molecule has 1 aromatic carbocycles. The Morgan fingerprint density at radius 1 is 1.47 bits per heavy atom. The van der Waals surface area contributed by atoms with Crippen LogP contribution in [-0.4, -0.2) is 23.8 Å². The van der Waals surface area contributed by atoms with E-state index < -0.39 is 5.97 Å². The lowest BCUT2D eigenvalue weighted by atomic mass is 9.93. The molecule has 0 fully saturated rings. The van der Waals surface area contributed by atoms with Crippen LogP contribution in [0, 0.1) is 0 Å². The summed E-state index contributed by atoms with van der Waals surface area (Å²) in [7, 11) is 1.32. The molecule has 0 bridgehead atoms. The third kappa shape index (κ3) is 2.20. The number of esters is 1. The molecule has 0 unspecified atom stereocenters. The predicted octanol–water partition coefficient (Wildman–Crippen LogP) is 2.28. The van der Waals surface area contributed by atoms with Crippen molar-refractivity contribution < 1.29 is 19.4 Å². The van der Waals surface area contributed by atoms with Crippen LogP contribution in [0.4, 0.5) is 0 Å². The van der Waals surface area contributed by atoms with Crippen LogP contribution >= 0.6 is 0 Å². The second-order valence-electron chi connectivity index (χ2n) is 4.84. The lowest BCUT2D eigenvalue weighted by molar-refractivity contribution is 0.0598. The minimum absolute atomic E-state index is 0.00400. The molecule has 4 heteroatoms. The highest BCUT2D eigenvalue weighted by Crippen LogP contribution is 2.40. The molecule has 0 aromatic heterocycles. The summed E-state index contributed by atoms with van der Waals surface area (Å²) in [4.78, 5) is 11.4.